The molecule has 0 saturated carbocycles. The molecule has 3 heterocycles. The van der Waals surface area contributed by atoms with E-state index in [-0.39, 0.29) is 0 Å². The molecule has 5 nitrogen and oxygen atoms in total. The van der Waals surface area contributed by atoms with Gasteiger partial charge in [0.1, 0.15) is 11.2 Å². The second kappa shape index (κ2) is 16.4. The minimum Gasteiger partial charge on any atom is -0.456 e. The Morgan fingerprint density at radius 1 is 0.279 bits per heavy atom. The molecular weight excluding hydrogens is 829 g/mol. The van der Waals surface area contributed by atoms with Gasteiger partial charge < -0.3 is 8.98 Å². The molecule has 0 saturated heterocycles. The quantitative estimate of drug-likeness (QED) is 0.153. The lowest BCUT2D eigenvalue weighted by molar-refractivity contribution is 0.669. The molecular formula is C63H40N4O. The molecule has 0 atom stereocenters. The van der Waals surface area contributed by atoms with Crippen molar-refractivity contribution in [3.05, 3.63) is 243 Å². The number of hydrogen-bond donors (Lipinski definition) is 0. The first-order valence-corrected chi connectivity index (χ1v) is 22.9. The maximum absolute atomic E-state index is 6.70. The average molecular weight is 869 g/mol. The van der Waals surface area contributed by atoms with E-state index < -0.39 is 0 Å². The summed E-state index contributed by atoms with van der Waals surface area (Å²) in [6.07, 6.45) is 0. The molecule has 0 unspecified atom stereocenters. The summed E-state index contributed by atoms with van der Waals surface area (Å²) >= 11 is 0. The molecule has 0 aliphatic carbocycles. The Balaban J connectivity index is 0.976. The Labute approximate surface area is 392 Å². The van der Waals surface area contributed by atoms with Crippen molar-refractivity contribution in [2.45, 2.75) is 0 Å². The highest BCUT2D eigenvalue weighted by Gasteiger charge is 2.21. The molecule has 0 bridgehead atoms. The van der Waals surface area contributed by atoms with Crippen LogP contribution in [-0.2, 0) is 0 Å². The van der Waals surface area contributed by atoms with E-state index in [4.69, 9.17) is 19.4 Å². The third-order valence-corrected chi connectivity index (χ3v) is 13.1. The van der Waals surface area contributed by atoms with Gasteiger partial charge >= 0.3 is 0 Å². The second-order valence-electron chi connectivity index (χ2n) is 17.2. The predicted molar refractivity (Wildman–Crippen MR) is 279 cm³/mol. The molecule has 5 heteroatoms. The minimum atomic E-state index is 0.581. The lowest BCUT2D eigenvalue weighted by Crippen LogP contribution is -2.00. The van der Waals surface area contributed by atoms with E-state index in [9.17, 15) is 0 Å². The van der Waals surface area contributed by atoms with Crippen LogP contribution in [0.15, 0.2) is 247 Å². The van der Waals surface area contributed by atoms with Crippen LogP contribution in [-0.4, -0.2) is 19.5 Å². The van der Waals surface area contributed by atoms with E-state index in [0.717, 1.165) is 94.1 Å². The second-order valence-corrected chi connectivity index (χ2v) is 17.2. The van der Waals surface area contributed by atoms with Gasteiger partial charge in [0, 0.05) is 38.5 Å². The topological polar surface area (TPSA) is 56.7 Å². The molecule has 13 rings (SSSR count). The molecule has 68 heavy (non-hydrogen) atoms. The van der Waals surface area contributed by atoms with Gasteiger partial charge in [-0.2, -0.15) is 0 Å². The third kappa shape index (κ3) is 6.93. The number of fused-ring (bicyclic) bond motifs is 7. The smallest absolute Gasteiger partial charge is 0.164 e. The number of rotatable bonds is 8. The van der Waals surface area contributed by atoms with E-state index in [2.05, 4.69) is 235 Å². The maximum atomic E-state index is 6.70. The normalized spacial score (nSPS) is 11.5. The summed E-state index contributed by atoms with van der Waals surface area (Å²) in [7, 11) is 0. The molecule has 0 N–H and O–H groups in total. The monoisotopic (exact) mass is 868 g/mol. The zero-order valence-corrected chi connectivity index (χ0v) is 36.8. The van der Waals surface area contributed by atoms with Crippen LogP contribution in [0.25, 0.3) is 128 Å². The predicted octanol–water partition coefficient (Wildman–Crippen LogP) is 16.5. The van der Waals surface area contributed by atoms with Crippen molar-refractivity contribution in [1.82, 2.24) is 19.5 Å². The van der Waals surface area contributed by atoms with Gasteiger partial charge in [0.25, 0.3) is 0 Å². The number of hydrogen-bond acceptors (Lipinski definition) is 4. The number of para-hydroxylation sites is 1. The van der Waals surface area contributed by atoms with Gasteiger partial charge in [0.2, 0.25) is 0 Å². The molecule has 0 amide bonds. The molecule has 10 aromatic carbocycles. The van der Waals surface area contributed by atoms with Crippen LogP contribution < -0.4 is 0 Å². The third-order valence-electron chi connectivity index (χ3n) is 13.1. The van der Waals surface area contributed by atoms with Gasteiger partial charge in [-0.05, 0) is 99.1 Å². The van der Waals surface area contributed by atoms with Crippen LogP contribution in [0.2, 0.25) is 0 Å². The van der Waals surface area contributed by atoms with Crippen LogP contribution in [0.5, 0.6) is 0 Å². The fourth-order valence-corrected chi connectivity index (χ4v) is 9.71. The van der Waals surface area contributed by atoms with E-state index in [0.29, 0.717) is 17.5 Å². The molecule has 3 aromatic heterocycles. The summed E-state index contributed by atoms with van der Waals surface area (Å²) in [5.41, 5.74) is 16.8. The molecule has 0 aliphatic rings. The van der Waals surface area contributed by atoms with E-state index in [1.165, 1.54) is 16.5 Å². The zero-order valence-electron chi connectivity index (χ0n) is 36.8. The summed E-state index contributed by atoms with van der Waals surface area (Å²) in [4.78, 5) is 15.6. The van der Waals surface area contributed by atoms with Crippen molar-refractivity contribution in [3.63, 3.8) is 0 Å². The van der Waals surface area contributed by atoms with Gasteiger partial charge in [0.05, 0.1) is 16.4 Å². The summed E-state index contributed by atoms with van der Waals surface area (Å²) in [5.74, 6) is 1.78. The molecule has 0 aliphatic heterocycles. The first-order chi connectivity index (χ1) is 33.7. The van der Waals surface area contributed by atoms with E-state index >= 15 is 0 Å². The summed E-state index contributed by atoms with van der Waals surface area (Å²) in [6.45, 7) is 0. The van der Waals surface area contributed by atoms with E-state index in [1.807, 2.05) is 12.1 Å². The molecule has 13 aromatic rings. The Morgan fingerprint density at radius 3 is 1.37 bits per heavy atom. The Kier molecular flexibility index (Phi) is 9.43. The Hall–Kier alpha value is -9.19. The Morgan fingerprint density at radius 2 is 0.721 bits per heavy atom. The maximum Gasteiger partial charge on any atom is 0.164 e. The summed E-state index contributed by atoms with van der Waals surface area (Å²) < 4.78 is 9.10. The van der Waals surface area contributed by atoms with Crippen molar-refractivity contribution < 1.29 is 4.42 Å². The first-order valence-electron chi connectivity index (χ1n) is 22.9. The number of furan rings is 1. The highest BCUT2D eigenvalue weighted by Crippen LogP contribution is 2.42. The molecule has 318 valence electrons. The van der Waals surface area contributed by atoms with Crippen molar-refractivity contribution in [2.75, 3.05) is 0 Å². The average Bonchev–Trinajstić information content (AvgIpc) is 3.97. The van der Waals surface area contributed by atoms with Crippen LogP contribution in [0.4, 0.5) is 0 Å². The first kappa shape index (κ1) is 39.2. The van der Waals surface area contributed by atoms with Crippen LogP contribution >= 0.6 is 0 Å². The Bertz CT molecular complexity index is 3990. The van der Waals surface area contributed by atoms with Gasteiger partial charge in [-0.3, -0.25) is 0 Å². The van der Waals surface area contributed by atoms with Gasteiger partial charge in [0.15, 0.2) is 17.5 Å². The number of benzene rings is 10. The van der Waals surface area contributed by atoms with Crippen LogP contribution in [0, 0.1) is 0 Å². The fourth-order valence-electron chi connectivity index (χ4n) is 9.71. The van der Waals surface area contributed by atoms with Gasteiger partial charge in [-0.15, -0.1) is 0 Å². The number of aromatic nitrogens is 4. The van der Waals surface area contributed by atoms with Crippen molar-refractivity contribution in [3.8, 4) is 84.4 Å². The van der Waals surface area contributed by atoms with Crippen LogP contribution in [0.3, 0.4) is 0 Å². The molecule has 0 fully saturated rings. The summed E-state index contributed by atoms with van der Waals surface area (Å²) in [5, 5.41) is 4.35. The fraction of sp³-hybridized carbons (Fsp3) is 0. The van der Waals surface area contributed by atoms with Gasteiger partial charge in [-0.1, -0.05) is 188 Å². The van der Waals surface area contributed by atoms with Crippen molar-refractivity contribution in [2.24, 2.45) is 0 Å². The van der Waals surface area contributed by atoms with E-state index in [1.54, 1.807) is 0 Å². The van der Waals surface area contributed by atoms with Crippen LogP contribution in [0.1, 0.15) is 0 Å². The summed E-state index contributed by atoms with van der Waals surface area (Å²) in [6, 6.07) is 85.2. The molecule has 0 spiro atoms. The lowest BCUT2D eigenvalue weighted by atomic mass is 10.00. The van der Waals surface area contributed by atoms with Crippen molar-refractivity contribution >= 4 is 43.7 Å². The van der Waals surface area contributed by atoms with Gasteiger partial charge in [-0.25, -0.2) is 15.0 Å². The molecule has 0 radical (unpaired) electrons. The largest absolute Gasteiger partial charge is 0.456 e. The SMILES string of the molecule is c1ccc(-c2ccc(-c3cccc(-n4c5ccccc5c5ccc6oc7ccc(-c8nc(-c9ccc(-c%10ccccc%10)cc9)nc(-c9cccc(-c%10ccccc%10)c9)n8)cc7c6c54)c3)cc2)cc1. The standard InChI is InChI=1S/C63H40N4O/c1-4-14-41(15-5-1)44-26-28-46(29-27-44)49-21-13-23-52(39-49)67-56-25-11-10-24-53(56)54-35-37-58-59(60(54)67)55-40-51(34-36-57(55)68-58)63-65-61(47-32-30-45(31-33-47)42-16-6-2-7-17-42)64-62(66-63)50-22-12-20-48(38-50)43-18-8-3-9-19-43/h1-40H. The minimum absolute atomic E-state index is 0.581. The zero-order chi connectivity index (χ0) is 45.0. The highest BCUT2D eigenvalue weighted by atomic mass is 16.3. The van der Waals surface area contributed by atoms with Crippen molar-refractivity contribution in [1.29, 1.82) is 0 Å². The number of nitrogens with zero attached hydrogens (tertiary/aromatic N) is 4. The lowest BCUT2D eigenvalue weighted by Gasteiger charge is -2.12. The highest BCUT2D eigenvalue weighted by molar-refractivity contribution is 6.24.